The van der Waals surface area contributed by atoms with Gasteiger partial charge in [-0.05, 0) is 42.7 Å². The zero-order valence-electron chi connectivity index (χ0n) is 16.9. The number of ether oxygens (including phenoxy) is 1. The number of aliphatic hydroxyl groups is 2. The third-order valence-corrected chi connectivity index (χ3v) is 12.9. The van der Waals surface area contributed by atoms with Crippen LogP contribution in [-0.4, -0.2) is 60.1 Å². The predicted molar refractivity (Wildman–Crippen MR) is 110 cm³/mol. The predicted octanol–water partition coefficient (Wildman–Crippen LogP) is 2.62. The SMILES string of the molecule is CO[Si](CCCOCC(O)CO)(CC(C)C)O[Si](C)(C)c1ccccc1. The Morgan fingerprint density at radius 3 is 2.31 bits per heavy atom. The highest BCUT2D eigenvalue weighted by atomic mass is 28.4. The molecule has 0 radical (unpaired) electrons. The van der Waals surface area contributed by atoms with Crippen LogP contribution in [0.15, 0.2) is 30.3 Å². The zero-order valence-corrected chi connectivity index (χ0v) is 18.9. The van der Waals surface area contributed by atoms with Gasteiger partial charge >= 0.3 is 8.56 Å². The van der Waals surface area contributed by atoms with Crippen LogP contribution in [0.3, 0.4) is 0 Å². The Kier molecular flexibility index (Phi) is 10.2. The summed E-state index contributed by atoms with van der Waals surface area (Å²) in [5, 5.41) is 19.5. The van der Waals surface area contributed by atoms with Gasteiger partial charge in [0.15, 0.2) is 0 Å². The fourth-order valence-corrected chi connectivity index (χ4v) is 11.9. The smallest absolute Gasteiger partial charge is 0.328 e. The quantitative estimate of drug-likeness (QED) is 0.393. The van der Waals surface area contributed by atoms with Crippen LogP contribution >= 0.6 is 0 Å². The molecule has 0 amide bonds. The second kappa shape index (κ2) is 11.3. The van der Waals surface area contributed by atoms with Crippen LogP contribution in [0.4, 0.5) is 0 Å². The van der Waals surface area contributed by atoms with Crippen LogP contribution in [0.5, 0.6) is 0 Å². The van der Waals surface area contributed by atoms with Crippen molar-refractivity contribution < 1.29 is 23.5 Å². The molecular weight excluding hydrogens is 364 g/mol. The largest absolute Gasteiger partial charge is 0.432 e. The monoisotopic (exact) mass is 400 g/mol. The second-order valence-corrected chi connectivity index (χ2v) is 15.3. The third kappa shape index (κ3) is 8.00. The molecule has 0 heterocycles. The molecule has 0 saturated carbocycles. The van der Waals surface area contributed by atoms with E-state index in [1.54, 1.807) is 7.11 Å². The van der Waals surface area contributed by atoms with Crippen molar-refractivity contribution in [3.63, 3.8) is 0 Å². The normalized spacial score (nSPS) is 15.8. The Morgan fingerprint density at radius 1 is 1.12 bits per heavy atom. The van der Waals surface area contributed by atoms with E-state index >= 15 is 0 Å². The van der Waals surface area contributed by atoms with Gasteiger partial charge in [0.1, 0.15) is 6.10 Å². The fraction of sp³-hybridized carbons (Fsp3) is 0.684. The Bertz CT molecular complexity index is 498. The van der Waals surface area contributed by atoms with E-state index in [0.717, 1.165) is 18.5 Å². The summed E-state index contributed by atoms with van der Waals surface area (Å²) in [6.07, 6.45) is 0.0141. The van der Waals surface area contributed by atoms with E-state index in [-0.39, 0.29) is 13.2 Å². The van der Waals surface area contributed by atoms with Crippen LogP contribution in [0, 0.1) is 5.92 Å². The van der Waals surface area contributed by atoms with Gasteiger partial charge in [-0.3, -0.25) is 0 Å². The van der Waals surface area contributed by atoms with Crippen molar-refractivity contribution in [1.29, 1.82) is 0 Å². The van der Waals surface area contributed by atoms with Crippen LogP contribution in [0.2, 0.25) is 25.2 Å². The van der Waals surface area contributed by atoms with Crippen molar-refractivity contribution in [3.8, 4) is 0 Å². The van der Waals surface area contributed by atoms with Crippen molar-refractivity contribution in [2.75, 3.05) is 26.9 Å². The molecule has 0 spiro atoms. The molecule has 0 aliphatic carbocycles. The summed E-state index contributed by atoms with van der Waals surface area (Å²) in [6, 6.07) is 12.3. The molecule has 0 aromatic heterocycles. The lowest BCUT2D eigenvalue weighted by Crippen LogP contribution is -2.56. The molecule has 150 valence electrons. The highest BCUT2D eigenvalue weighted by Gasteiger charge is 2.43. The van der Waals surface area contributed by atoms with Crippen molar-refractivity contribution >= 4 is 22.1 Å². The van der Waals surface area contributed by atoms with Crippen LogP contribution in [0.25, 0.3) is 0 Å². The molecule has 7 heteroatoms. The Hall–Kier alpha value is -0.546. The minimum Gasteiger partial charge on any atom is -0.432 e. The topological polar surface area (TPSA) is 68.2 Å². The first-order valence-corrected chi connectivity index (χ1v) is 14.6. The third-order valence-electron chi connectivity index (χ3n) is 4.37. The van der Waals surface area contributed by atoms with Crippen molar-refractivity contribution in [1.82, 2.24) is 0 Å². The van der Waals surface area contributed by atoms with Gasteiger partial charge in [0, 0.05) is 13.7 Å². The van der Waals surface area contributed by atoms with Crippen molar-refractivity contribution in [2.45, 2.75) is 51.6 Å². The van der Waals surface area contributed by atoms with Gasteiger partial charge in [-0.25, -0.2) is 0 Å². The van der Waals surface area contributed by atoms with E-state index in [1.165, 1.54) is 5.19 Å². The molecule has 26 heavy (non-hydrogen) atoms. The number of rotatable bonds is 13. The highest BCUT2D eigenvalue weighted by Crippen LogP contribution is 2.28. The van der Waals surface area contributed by atoms with E-state index in [9.17, 15) is 5.11 Å². The van der Waals surface area contributed by atoms with Crippen LogP contribution < -0.4 is 5.19 Å². The molecular formula is C19H36O5Si2. The summed E-state index contributed by atoms with van der Waals surface area (Å²) in [7, 11) is -2.66. The van der Waals surface area contributed by atoms with Crippen LogP contribution in [-0.2, 0) is 13.3 Å². The van der Waals surface area contributed by atoms with E-state index in [4.69, 9.17) is 18.4 Å². The summed E-state index contributed by atoms with van der Waals surface area (Å²) in [5.74, 6) is 0.499. The van der Waals surface area contributed by atoms with Gasteiger partial charge in [0.05, 0.1) is 13.2 Å². The maximum Gasteiger partial charge on any atom is 0.328 e. The van der Waals surface area contributed by atoms with Gasteiger partial charge in [0.25, 0.3) is 0 Å². The van der Waals surface area contributed by atoms with Gasteiger partial charge in [0.2, 0.25) is 8.32 Å². The minimum absolute atomic E-state index is 0.160. The maximum atomic E-state index is 9.35. The molecule has 2 atom stereocenters. The summed E-state index contributed by atoms with van der Waals surface area (Å²) in [6.45, 7) is 9.29. The molecule has 0 saturated heterocycles. The molecule has 0 aliphatic heterocycles. The molecule has 0 fully saturated rings. The van der Waals surface area contributed by atoms with Crippen LogP contribution in [0.1, 0.15) is 20.3 Å². The molecule has 0 bridgehead atoms. The van der Waals surface area contributed by atoms with Gasteiger partial charge in [-0.1, -0.05) is 44.2 Å². The van der Waals surface area contributed by atoms with E-state index < -0.39 is 23.0 Å². The first-order chi connectivity index (χ1) is 12.2. The van der Waals surface area contributed by atoms with Gasteiger partial charge in [-0.15, -0.1) is 0 Å². The standard InChI is InChI=1S/C19H36O5Si2/c1-17(2)16-26(22-3,13-9-12-23-15-18(21)14-20)24-25(4,5)19-10-7-6-8-11-19/h6-8,10-11,17-18,20-21H,9,12-16H2,1-5H3. The number of aliphatic hydroxyl groups excluding tert-OH is 2. The van der Waals surface area contributed by atoms with E-state index in [0.29, 0.717) is 12.5 Å². The summed E-state index contributed by atoms with van der Waals surface area (Å²) in [5.41, 5.74) is 0. The lowest BCUT2D eigenvalue weighted by atomic mass is 10.3. The summed E-state index contributed by atoms with van der Waals surface area (Å²) < 4.78 is 18.4. The Morgan fingerprint density at radius 2 is 1.77 bits per heavy atom. The average Bonchev–Trinajstić information content (AvgIpc) is 2.61. The molecule has 5 nitrogen and oxygen atoms in total. The van der Waals surface area contributed by atoms with E-state index in [1.807, 2.05) is 6.07 Å². The zero-order chi connectivity index (χ0) is 19.6. The fourth-order valence-electron chi connectivity index (χ4n) is 3.12. The lowest BCUT2D eigenvalue weighted by Gasteiger charge is -2.38. The summed E-state index contributed by atoms with van der Waals surface area (Å²) >= 11 is 0. The Balaban J connectivity index is 2.76. The second-order valence-electron chi connectivity index (χ2n) is 7.71. The molecule has 1 rings (SSSR count). The first-order valence-electron chi connectivity index (χ1n) is 9.42. The molecule has 2 N–H and O–H groups in total. The molecule has 2 unspecified atom stereocenters. The highest BCUT2D eigenvalue weighted by molar-refractivity contribution is 6.91. The molecule has 0 aliphatic rings. The first kappa shape index (κ1) is 23.5. The van der Waals surface area contributed by atoms with Gasteiger partial charge in [-0.2, -0.15) is 0 Å². The van der Waals surface area contributed by atoms with E-state index in [2.05, 4.69) is 51.2 Å². The minimum atomic E-state index is -2.37. The summed E-state index contributed by atoms with van der Waals surface area (Å²) in [4.78, 5) is 0. The van der Waals surface area contributed by atoms with Gasteiger partial charge < -0.3 is 23.5 Å². The molecule has 1 aromatic rings. The number of hydrogen-bond donors (Lipinski definition) is 2. The average molecular weight is 401 g/mol. The maximum absolute atomic E-state index is 9.35. The van der Waals surface area contributed by atoms with Crippen molar-refractivity contribution in [2.24, 2.45) is 5.92 Å². The number of benzene rings is 1. The number of hydrogen-bond acceptors (Lipinski definition) is 5. The van der Waals surface area contributed by atoms with Crippen molar-refractivity contribution in [3.05, 3.63) is 30.3 Å². The lowest BCUT2D eigenvalue weighted by molar-refractivity contribution is 0.00616. The molecule has 1 aromatic carbocycles. The Labute approximate surface area is 160 Å².